The second-order valence-electron chi connectivity index (χ2n) is 9.85. The summed E-state index contributed by atoms with van der Waals surface area (Å²) in [4.78, 5) is 27.3. The molecule has 9 heteroatoms. The molecule has 1 saturated carbocycles. The second-order valence-corrected chi connectivity index (χ2v) is 9.85. The zero-order chi connectivity index (χ0) is 26.5. The van der Waals surface area contributed by atoms with Crippen LogP contribution in [0.1, 0.15) is 37.0 Å². The fourth-order valence-corrected chi connectivity index (χ4v) is 5.26. The van der Waals surface area contributed by atoms with E-state index < -0.39 is 30.2 Å². The number of hydrogen-bond acceptors (Lipinski definition) is 6. The van der Waals surface area contributed by atoms with E-state index in [0.717, 1.165) is 5.56 Å². The molecule has 1 saturated heterocycles. The lowest BCUT2D eigenvalue weighted by Crippen LogP contribution is -2.50. The summed E-state index contributed by atoms with van der Waals surface area (Å²) in [6.45, 7) is 4.86. The van der Waals surface area contributed by atoms with E-state index in [-0.39, 0.29) is 37.5 Å². The van der Waals surface area contributed by atoms with Crippen molar-refractivity contribution in [3.8, 4) is 11.1 Å². The molecule has 2 aromatic rings. The van der Waals surface area contributed by atoms with Crippen LogP contribution in [0.3, 0.4) is 0 Å². The monoisotopic (exact) mass is 513 g/mol. The molecule has 0 spiro atoms. The Morgan fingerprint density at radius 3 is 2.76 bits per heavy atom. The van der Waals surface area contributed by atoms with Crippen molar-refractivity contribution in [3.63, 3.8) is 0 Å². The molecule has 0 aromatic heterocycles. The summed E-state index contributed by atoms with van der Waals surface area (Å²) in [5, 5.41) is 12.8. The van der Waals surface area contributed by atoms with Gasteiger partial charge in [-0.05, 0) is 43.9 Å². The van der Waals surface area contributed by atoms with Crippen LogP contribution in [-0.4, -0.2) is 72.9 Å². The van der Waals surface area contributed by atoms with Gasteiger partial charge in [0.1, 0.15) is 24.6 Å². The van der Waals surface area contributed by atoms with Crippen molar-refractivity contribution in [2.75, 3.05) is 32.8 Å². The molecule has 2 aromatic carbocycles. The zero-order valence-electron chi connectivity index (χ0n) is 21.4. The highest BCUT2D eigenvalue weighted by molar-refractivity contribution is 5.79. The Balaban J connectivity index is 1.65. The maximum atomic E-state index is 15.3. The van der Waals surface area contributed by atoms with Crippen molar-refractivity contribution in [2.45, 2.75) is 51.0 Å². The van der Waals surface area contributed by atoms with Crippen molar-refractivity contribution in [2.24, 2.45) is 11.7 Å². The summed E-state index contributed by atoms with van der Waals surface area (Å²) in [7, 11) is 0. The van der Waals surface area contributed by atoms with Crippen LogP contribution in [0.25, 0.3) is 11.1 Å². The maximum absolute atomic E-state index is 15.3. The molecule has 2 fully saturated rings. The molecule has 0 radical (unpaired) electrons. The number of rotatable bonds is 8. The standard InChI is InChI=1S/C28H36FN3O5/c1-3-31-25(34)16-37-27(20-8-5-9-21(29)26(20)18-7-4-6-17(2)12-18)24-15-32(10-11-36-24)28(35)19-13-22(30)23(33)14-19/h4-9,12,19,22-24,27,33H,3,10-11,13-16,30H2,1-2H3,(H,31,34)/t19-,22+,23-,24-,27+/m0/s1. The predicted molar refractivity (Wildman–Crippen MR) is 137 cm³/mol. The van der Waals surface area contributed by atoms with E-state index in [2.05, 4.69) is 5.32 Å². The SMILES string of the molecule is CCNC(=O)CO[C@H](c1cccc(F)c1-c1cccc(C)c1)[C@@H]1CN(C(=O)[C@H]2C[C@@H](N)[C@@H](O)C2)CCO1. The topological polar surface area (TPSA) is 114 Å². The average molecular weight is 514 g/mol. The summed E-state index contributed by atoms with van der Waals surface area (Å²) in [6, 6.07) is 11.9. The van der Waals surface area contributed by atoms with Crippen molar-refractivity contribution in [1.29, 1.82) is 0 Å². The van der Waals surface area contributed by atoms with Crippen molar-refractivity contribution < 1.29 is 28.6 Å². The number of carbonyl (C=O) groups is 2. The number of ether oxygens (including phenoxy) is 2. The molecule has 1 heterocycles. The number of aryl methyl sites for hydroxylation is 1. The Hall–Kier alpha value is -2.85. The van der Waals surface area contributed by atoms with Crippen LogP contribution in [0.5, 0.6) is 0 Å². The number of carbonyl (C=O) groups excluding carboxylic acids is 2. The van der Waals surface area contributed by atoms with Gasteiger partial charge in [-0.3, -0.25) is 9.59 Å². The maximum Gasteiger partial charge on any atom is 0.246 e. The first-order valence-electron chi connectivity index (χ1n) is 12.9. The Kier molecular flexibility index (Phi) is 8.91. The largest absolute Gasteiger partial charge is 0.391 e. The summed E-state index contributed by atoms with van der Waals surface area (Å²) < 4.78 is 27.5. The van der Waals surface area contributed by atoms with E-state index in [4.69, 9.17) is 15.2 Å². The lowest BCUT2D eigenvalue weighted by Gasteiger charge is -2.38. The van der Waals surface area contributed by atoms with Gasteiger partial charge in [0.15, 0.2) is 0 Å². The molecule has 2 amide bonds. The number of hydrogen-bond donors (Lipinski definition) is 3. The summed E-state index contributed by atoms with van der Waals surface area (Å²) >= 11 is 0. The lowest BCUT2D eigenvalue weighted by molar-refractivity contribution is -0.155. The van der Waals surface area contributed by atoms with Crippen LogP contribution in [0.4, 0.5) is 4.39 Å². The third-order valence-corrected chi connectivity index (χ3v) is 7.10. The molecule has 37 heavy (non-hydrogen) atoms. The molecule has 1 aliphatic carbocycles. The quantitative estimate of drug-likeness (QED) is 0.499. The number of nitrogens with one attached hydrogen (secondary N) is 1. The molecule has 1 aliphatic heterocycles. The molecule has 200 valence electrons. The summed E-state index contributed by atoms with van der Waals surface area (Å²) in [5.74, 6) is -1.14. The number of nitrogens with zero attached hydrogens (tertiary/aromatic N) is 1. The Bertz CT molecular complexity index is 1100. The highest BCUT2D eigenvalue weighted by Crippen LogP contribution is 2.37. The van der Waals surface area contributed by atoms with Crippen LogP contribution < -0.4 is 11.1 Å². The number of amides is 2. The van der Waals surface area contributed by atoms with Crippen molar-refractivity contribution in [1.82, 2.24) is 10.2 Å². The molecular weight excluding hydrogens is 477 g/mol. The Morgan fingerprint density at radius 1 is 1.27 bits per heavy atom. The smallest absolute Gasteiger partial charge is 0.246 e. The van der Waals surface area contributed by atoms with Gasteiger partial charge in [-0.2, -0.15) is 0 Å². The van der Waals surface area contributed by atoms with Gasteiger partial charge in [0, 0.05) is 37.2 Å². The molecule has 5 atom stereocenters. The minimum Gasteiger partial charge on any atom is -0.391 e. The van der Waals surface area contributed by atoms with E-state index in [1.807, 2.05) is 38.1 Å². The number of benzene rings is 2. The fourth-order valence-electron chi connectivity index (χ4n) is 5.26. The van der Waals surface area contributed by atoms with Gasteiger partial charge in [-0.25, -0.2) is 4.39 Å². The fraction of sp³-hybridized carbons (Fsp3) is 0.500. The van der Waals surface area contributed by atoms with Gasteiger partial charge in [0.25, 0.3) is 0 Å². The van der Waals surface area contributed by atoms with Crippen LogP contribution in [0, 0.1) is 18.7 Å². The zero-order valence-corrected chi connectivity index (χ0v) is 21.4. The number of likely N-dealkylation sites (N-methyl/N-ethyl adjacent to an activating group) is 1. The van der Waals surface area contributed by atoms with Gasteiger partial charge >= 0.3 is 0 Å². The van der Waals surface area contributed by atoms with Gasteiger partial charge in [0.05, 0.1) is 12.7 Å². The predicted octanol–water partition coefficient (Wildman–Crippen LogP) is 2.32. The first kappa shape index (κ1) is 27.2. The molecule has 0 bridgehead atoms. The van der Waals surface area contributed by atoms with Crippen LogP contribution in [0.15, 0.2) is 42.5 Å². The average Bonchev–Trinajstić information content (AvgIpc) is 3.22. The molecule has 0 unspecified atom stereocenters. The first-order valence-corrected chi connectivity index (χ1v) is 12.9. The molecule has 4 N–H and O–H groups in total. The Labute approximate surface area is 216 Å². The van der Waals surface area contributed by atoms with E-state index in [0.29, 0.717) is 42.6 Å². The van der Waals surface area contributed by atoms with Crippen LogP contribution in [-0.2, 0) is 19.1 Å². The Morgan fingerprint density at radius 2 is 2.05 bits per heavy atom. The van der Waals surface area contributed by atoms with Gasteiger partial charge < -0.3 is 30.5 Å². The van der Waals surface area contributed by atoms with Crippen LogP contribution >= 0.6 is 0 Å². The lowest BCUT2D eigenvalue weighted by atomic mass is 9.91. The normalized spacial score (nSPS) is 24.6. The summed E-state index contributed by atoms with van der Waals surface area (Å²) in [6.07, 6.45) is -1.36. The number of halogens is 1. The van der Waals surface area contributed by atoms with Gasteiger partial charge in [-0.1, -0.05) is 42.0 Å². The second kappa shape index (κ2) is 12.1. The number of nitrogens with two attached hydrogens (primary N) is 1. The molecule has 8 nitrogen and oxygen atoms in total. The van der Waals surface area contributed by atoms with E-state index in [9.17, 15) is 14.7 Å². The molecular formula is C28H36FN3O5. The van der Waals surface area contributed by atoms with Crippen molar-refractivity contribution in [3.05, 3.63) is 59.4 Å². The number of aliphatic hydroxyl groups is 1. The third-order valence-electron chi connectivity index (χ3n) is 7.10. The summed E-state index contributed by atoms with van der Waals surface area (Å²) in [5.41, 5.74) is 8.54. The third kappa shape index (κ3) is 6.35. The van der Waals surface area contributed by atoms with Gasteiger partial charge in [0.2, 0.25) is 11.8 Å². The molecule has 2 aliphatic rings. The number of aliphatic hydroxyl groups excluding tert-OH is 1. The van der Waals surface area contributed by atoms with E-state index in [1.54, 1.807) is 17.0 Å². The highest BCUT2D eigenvalue weighted by atomic mass is 19.1. The van der Waals surface area contributed by atoms with Gasteiger partial charge in [-0.15, -0.1) is 0 Å². The number of morpholine rings is 1. The van der Waals surface area contributed by atoms with Crippen molar-refractivity contribution >= 4 is 11.8 Å². The first-order chi connectivity index (χ1) is 17.8. The van der Waals surface area contributed by atoms with Crippen LogP contribution in [0.2, 0.25) is 0 Å². The van der Waals surface area contributed by atoms with E-state index >= 15 is 4.39 Å². The highest BCUT2D eigenvalue weighted by Gasteiger charge is 2.40. The van der Waals surface area contributed by atoms with E-state index in [1.165, 1.54) is 6.07 Å². The minimum atomic E-state index is -0.805. The molecule has 4 rings (SSSR count). The minimum absolute atomic E-state index is 0.0825.